The van der Waals surface area contributed by atoms with Gasteiger partial charge in [0.15, 0.2) is 0 Å². The summed E-state index contributed by atoms with van der Waals surface area (Å²) < 4.78 is 26.3. The van der Waals surface area contributed by atoms with Crippen molar-refractivity contribution in [3.8, 4) is 0 Å². The summed E-state index contributed by atoms with van der Waals surface area (Å²) in [5.41, 5.74) is 0. The topological polar surface area (TPSA) is 89.5 Å². The molecule has 1 amide bonds. The Bertz CT molecular complexity index is 374. The van der Waals surface area contributed by atoms with Crippen LogP contribution in [0.25, 0.3) is 0 Å². The predicted molar refractivity (Wildman–Crippen MR) is 63.1 cm³/mol. The molecule has 17 heavy (non-hydrogen) atoms. The summed E-state index contributed by atoms with van der Waals surface area (Å²) in [6, 6.07) is -0.743. The van der Waals surface area contributed by atoms with E-state index in [0.29, 0.717) is 0 Å². The average Bonchev–Trinajstić information content (AvgIpc) is 2.20. The summed E-state index contributed by atoms with van der Waals surface area (Å²) >= 11 is 0. The number of hydrogen-bond donors (Lipinski definition) is 1. The third kappa shape index (κ3) is 6.93. The zero-order valence-corrected chi connectivity index (χ0v) is 11.3. The van der Waals surface area contributed by atoms with Crippen LogP contribution in [0.15, 0.2) is 0 Å². The Hall–Kier alpha value is -1.11. The van der Waals surface area contributed by atoms with Crippen LogP contribution in [-0.4, -0.2) is 45.5 Å². The van der Waals surface area contributed by atoms with Crippen LogP contribution in [0.5, 0.6) is 0 Å². The molecule has 7 heteroatoms. The number of methoxy groups -OCH3 is 1. The van der Waals surface area contributed by atoms with E-state index >= 15 is 0 Å². The number of sulfone groups is 1. The van der Waals surface area contributed by atoms with Gasteiger partial charge in [0.25, 0.3) is 0 Å². The predicted octanol–water partition coefficient (Wildman–Crippen LogP) is -0.265. The Labute approximate surface area is 102 Å². The Morgan fingerprint density at radius 1 is 1.29 bits per heavy atom. The molecule has 0 heterocycles. The van der Waals surface area contributed by atoms with Crippen LogP contribution in [0.4, 0.5) is 0 Å². The maximum atomic E-state index is 11.4. The molecule has 100 valence electrons. The highest BCUT2D eigenvalue weighted by Gasteiger charge is 2.24. The lowest BCUT2D eigenvalue weighted by atomic mass is 10.0. The van der Waals surface area contributed by atoms with Crippen LogP contribution in [0.2, 0.25) is 0 Å². The van der Waals surface area contributed by atoms with Crippen LogP contribution >= 0.6 is 0 Å². The van der Waals surface area contributed by atoms with E-state index in [1.54, 1.807) is 13.8 Å². The minimum absolute atomic E-state index is 0.121. The molecule has 6 nitrogen and oxygen atoms in total. The molecule has 0 saturated carbocycles. The van der Waals surface area contributed by atoms with Crippen molar-refractivity contribution in [2.24, 2.45) is 5.92 Å². The molecule has 1 N–H and O–H groups in total. The monoisotopic (exact) mass is 265 g/mol. The quantitative estimate of drug-likeness (QED) is 0.668. The van der Waals surface area contributed by atoms with Crippen LogP contribution in [0, 0.1) is 5.92 Å². The molecule has 0 spiro atoms. The van der Waals surface area contributed by atoms with Gasteiger partial charge in [0.05, 0.1) is 12.9 Å². The van der Waals surface area contributed by atoms with Gasteiger partial charge in [-0.3, -0.25) is 4.79 Å². The fourth-order valence-electron chi connectivity index (χ4n) is 1.15. The maximum Gasteiger partial charge on any atom is 0.328 e. The molecule has 0 rings (SSSR count). The second-order valence-electron chi connectivity index (χ2n) is 4.19. The van der Waals surface area contributed by atoms with Gasteiger partial charge >= 0.3 is 5.97 Å². The smallest absolute Gasteiger partial charge is 0.328 e. The summed E-state index contributed by atoms with van der Waals surface area (Å²) in [4.78, 5) is 22.8. The molecule has 0 bridgehead atoms. The minimum Gasteiger partial charge on any atom is -0.467 e. The zero-order valence-electron chi connectivity index (χ0n) is 10.5. The van der Waals surface area contributed by atoms with Gasteiger partial charge in [0.2, 0.25) is 5.91 Å². The third-order valence-electron chi connectivity index (χ3n) is 2.14. The van der Waals surface area contributed by atoms with Gasteiger partial charge in [-0.1, -0.05) is 13.8 Å². The first-order chi connectivity index (χ1) is 7.67. The Morgan fingerprint density at radius 3 is 2.18 bits per heavy atom. The fraction of sp³-hybridized carbons (Fsp3) is 0.800. The van der Waals surface area contributed by atoms with Crippen molar-refractivity contribution in [1.82, 2.24) is 5.32 Å². The number of rotatable bonds is 6. The molecule has 0 aliphatic carbocycles. The van der Waals surface area contributed by atoms with E-state index in [9.17, 15) is 18.0 Å². The van der Waals surface area contributed by atoms with E-state index in [4.69, 9.17) is 0 Å². The first kappa shape index (κ1) is 15.9. The second kappa shape index (κ2) is 6.58. The Morgan fingerprint density at radius 2 is 1.82 bits per heavy atom. The van der Waals surface area contributed by atoms with Gasteiger partial charge in [-0.15, -0.1) is 0 Å². The number of carbonyl (C=O) groups is 2. The summed E-state index contributed by atoms with van der Waals surface area (Å²) in [5, 5.41) is 2.46. The highest BCUT2D eigenvalue weighted by atomic mass is 32.2. The van der Waals surface area contributed by atoms with Crippen molar-refractivity contribution in [1.29, 1.82) is 0 Å². The molecule has 1 atom stereocenters. The van der Waals surface area contributed by atoms with Gasteiger partial charge in [-0.05, 0) is 5.92 Å². The number of nitrogens with one attached hydrogen (secondary N) is 1. The first-order valence-electron chi connectivity index (χ1n) is 5.22. The number of carbonyl (C=O) groups excluding carboxylic acids is 2. The number of ether oxygens (including phenoxy) is 1. The van der Waals surface area contributed by atoms with Crippen LogP contribution in [0.1, 0.15) is 20.3 Å². The summed E-state index contributed by atoms with van der Waals surface area (Å²) in [7, 11) is -1.94. The molecule has 0 aliphatic heterocycles. The van der Waals surface area contributed by atoms with Crippen molar-refractivity contribution in [2.75, 3.05) is 19.1 Å². The maximum absolute atomic E-state index is 11.4. The second-order valence-corrected chi connectivity index (χ2v) is 6.45. The van der Waals surface area contributed by atoms with Gasteiger partial charge in [0, 0.05) is 12.7 Å². The van der Waals surface area contributed by atoms with Crippen molar-refractivity contribution < 1.29 is 22.7 Å². The first-order valence-corrected chi connectivity index (χ1v) is 7.28. The molecule has 0 aromatic heterocycles. The Kier molecular flexibility index (Phi) is 6.15. The minimum atomic E-state index is -3.18. The van der Waals surface area contributed by atoms with E-state index in [-0.39, 0.29) is 18.1 Å². The summed E-state index contributed by atoms with van der Waals surface area (Å²) in [6.07, 6.45) is 0.902. The van der Waals surface area contributed by atoms with Gasteiger partial charge in [-0.25, -0.2) is 13.2 Å². The molecule has 1 unspecified atom stereocenters. The number of amides is 1. The van der Waals surface area contributed by atoms with Crippen LogP contribution in [0.3, 0.4) is 0 Å². The van der Waals surface area contributed by atoms with Crippen molar-refractivity contribution in [3.63, 3.8) is 0 Å². The molecular formula is C10H19NO5S. The van der Waals surface area contributed by atoms with Crippen molar-refractivity contribution in [3.05, 3.63) is 0 Å². The SMILES string of the molecule is COC(=O)C(NC(=O)CCS(C)(=O)=O)C(C)C. The van der Waals surface area contributed by atoms with Gasteiger partial charge in [-0.2, -0.15) is 0 Å². The van der Waals surface area contributed by atoms with Crippen molar-refractivity contribution in [2.45, 2.75) is 26.3 Å². The van der Waals surface area contributed by atoms with Crippen LogP contribution < -0.4 is 5.32 Å². The van der Waals surface area contributed by atoms with Crippen molar-refractivity contribution >= 4 is 21.7 Å². The number of esters is 1. The van der Waals surface area contributed by atoms with E-state index < -0.39 is 27.8 Å². The standard InChI is InChI=1S/C10H19NO5S/c1-7(2)9(10(13)16-3)11-8(12)5-6-17(4,14)15/h7,9H,5-6H2,1-4H3,(H,11,12). The van der Waals surface area contributed by atoms with E-state index in [1.165, 1.54) is 7.11 Å². The molecule has 0 radical (unpaired) electrons. The van der Waals surface area contributed by atoms with E-state index in [2.05, 4.69) is 10.1 Å². The molecular weight excluding hydrogens is 246 g/mol. The highest BCUT2D eigenvalue weighted by Crippen LogP contribution is 2.04. The van der Waals surface area contributed by atoms with Crippen LogP contribution in [-0.2, 0) is 24.2 Å². The van der Waals surface area contributed by atoms with E-state index in [1.807, 2.05) is 0 Å². The zero-order chi connectivity index (χ0) is 13.6. The largest absolute Gasteiger partial charge is 0.467 e. The van der Waals surface area contributed by atoms with Gasteiger partial charge < -0.3 is 10.1 Å². The fourth-order valence-corrected chi connectivity index (χ4v) is 1.70. The summed E-state index contributed by atoms with van der Waals surface area (Å²) in [5.74, 6) is -1.36. The lowest BCUT2D eigenvalue weighted by molar-refractivity contribution is -0.146. The summed E-state index contributed by atoms with van der Waals surface area (Å²) in [6.45, 7) is 3.52. The molecule has 0 aromatic rings. The molecule has 0 aromatic carbocycles. The lowest BCUT2D eigenvalue weighted by Gasteiger charge is -2.19. The molecule has 0 fully saturated rings. The average molecular weight is 265 g/mol. The van der Waals surface area contributed by atoms with E-state index in [0.717, 1.165) is 6.26 Å². The lowest BCUT2D eigenvalue weighted by Crippen LogP contribution is -2.45. The number of hydrogen-bond acceptors (Lipinski definition) is 5. The normalized spacial score (nSPS) is 13.2. The Balaban J connectivity index is 4.38. The van der Waals surface area contributed by atoms with Gasteiger partial charge in [0.1, 0.15) is 15.9 Å². The highest BCUT2D eigenvalue weighted by molar-refractivity contribution is 7.90. The molecule has 0 saturated heterocycles. The third-order valence-corrected chi connectivity index (χ3v) is 3.08. The molecule has 0 aliphatic rings.